The quantitative estimate of drug-likeness (QED) is 0.655. The second kappa shape index (κ2) is 10.6. The lowest BCUT2D eigenvalue weighted by Gasteiger charge is -2.28. The van der Waals surface area contributed by atoms with Crippen molar-refractivity contribution in [1.82, 2.24) is 14.9 Å². The molecule has 1 fully saturated rings. The normalized spacial score (nSPS) is 20.2. The van der Waals surface area contributed by atoms with Crippen LogP contribution in [0.3, 0.4) is 0 Å². The molecule has 1 aromatic carbocycles. The molecular formula is C24H35N3O3. The molecule has 2 aromatic rings. The molecule has 0 bridgehead atoms. The van der Waals surface area contributed by atoms with E-state index in [2.05, 4.69) is 24.1 Å². The van der Waals surface area contributed by atoms with Crippen LogP contribution in [-0.2, 0) is 11.3 Å². The molecule has 1 saturated carbocycles. The standard InChI is InChI=1S/C24H35N3O3/c1-3-5-8-17(4-2)15-25-22(28)19-13-11-18(12-14-19)16-27-23(29)20-9-6-7-10-21(20)26-24(27)30/h6-7,9-10,17-19H,3-5,8,11-16H2,1-2H3,(H,25,28)(H,26,30). The first kappa shape index (κ1) is 22.3. The second-order valence-electron chi connectivity index (χ2n) is 8.77. The highest BCUT2D eigenvalue weighted by atomic mass is 16.2. The highest BCUT2D eigenvalue weighted by molar-refractivity contribution is 5.78. The Bertz CT molecular complexity index is 954. The van der Waals surface area contributed by atoms with Crippen LogP contribution in [0.1, 0.15) is 65.2 Å². The summed E-state index contributed by atoms with van der Waals surface area (Å²) < 4.78 is 1.33. The molecule has 0 saturated heterocycles. The monoisotopic (exact) mass is 413 g/mol. The fourth-order valence-corrected chi connectivity index (χ4v) is 4.56. The van der Waals surface area contributed by atoms with Crippen molar-refractivity contribution in [2.45, 2.75) is 71.8 Å². The predicted octanol–water partition coefficient (Wildman–Crippen LogP) is 3.83. The summed E-state index contributed by atoms with van der Waals surface area (Å²) in [6.45, 7) is 5.58. The fourth-order valence-electron chi connectivity index (χ4n) is 4.56. The zero-order chi connectivity index (χ0) is 21.5. The number of H-pyrrole nitrogens is 1. The van der Waals surface area contributed by atoms with Crippen LogP contribution in [0.15, 0.2) is 33.9 Å². The molecule has 6 nitrogen and oxygen atoms in total. The van der Waals surface area contributed by atoms with Crippen LogP contribution in [0.5, 0.6) is 0 Å². The number of unbranched alkanes of at least 4 members (excludes halogenated alkanes) is 1. The van der Waals surface area contributed by atoms with Gasteiger partial charge in [-0.2, -0.15) is 0 Å². The smallest absolute Gasteiger partial charge is 0.328 e. The van der Waals surface area contributed by atoms with E-state index in [4.69, 9.17) is 0 Å². The number of aromatic nitrogens is 2. The first-order chi connectivity index (χ1) is 14.5. The van der Waals surface area contributed by atoms with E-state index < -0.39 is 0 Å². The minimum absolute atomic E-state index is 0.0524. The summed E-state index contributed by atoms with van der Waals surface area (Å²) >= 11 is 0. The van der Waals surface area contributed by atoms with Crippen molar-refractivity contribution >= 4 is 16.8 Å². The van der Waals surface area contributed by atoms with E-state index in [0.29, 0.717) is 23.4 Å². The summed E-state index contributed by atoms with van der Waals surface area (Å²) in [5.41, 5.74) is -0.00314. The van der Waals surface area contributed by atoms with Gasteiger partial charge >= 0.3 is 5.69 Å². The lowest BCUT2D eigenvalue weighted by molar-refractivity contribution is -0.126. The Morgan fingerprint density at radius 1 is 1.17 bits per heavy atom. The van der Waals surface area contributed by atoms with Gasteiger partial charge in [-0.3, -0.25) is 14.2 Å². The average Bonchev–Trinajstić information content (AvgIpc) is 2.77. The zero-order valence-corrected chi connectivity index (χ0v) is 18.3. The highest BCUT2D eigenvalue weighted by Gasteiger charge is 2.27. The van der Waals surface area contributed by atoms with Gasteiger partial charge in [-0.15, -0.1) is 0 Å². The molecule has 0 radical (unpaired) electrons. The van der Waals surface area contributed by atoms with Gasteiger partial charge in [0.2, 0.25) is 5.91 Å². The Morgan fingerprint density at radius 2 is 1.90 bits per heavy atom. The molecule has 1 aromatic heterocycles. The summed E-state index contributed by atoms with van der Waals surface area (Å²) in [5.74, 6) is 1.04. The molecule has 3 rings (SSSR count). The molecular weight excluding hydrogens is 378 g/mol. The van der Waals surface area contributed by atoms with E-state index in [9.17, 15) is 14.4 Å². The maximum Gasteiger partial charge on any atom is 0.328 e. The highest BCUT2D eigenvalue weighted by Crippen LogP contribution is 2.29. The van der Waals surface area contributed by atoms with Crippen LogP contribution >= 0.6 is 0 Å². The fraction of sp³-hybridized carbons (Fsp3) is 0.625. The number of amides is 1. The first-order valence-corrected chi connectivity index (χ1v) is 11.5. The number of hydrogen-bond donors (Lipinski definition) is 2. The number of nitrogens with zero attached hydrogens (tertiary/aromatic N) is 1. The topological polar surface area (TPSA) is 84.0 Å². The first-order valence-electron chi connectivity index (χ1n) is 11.5. The van der Waals surface area contributed by atoms with Gasteiger partial charge in [0.1, 0.15) is 0 Å². The van der Waals surface area contributed by atoms with E-state index in [1.54, 1.807) is 18.2 Å². The van der Waals surface area contributed by atoms with Gasteiger partial charge in [0, 0.05) is 19.0 Å². The molecule has 0 aliphatic heterocycles. The molecule has 1 heterocycles. The lowest BCUT2D eigenvalue weighted by atomic mass is 9.81. The molecule has 2 N–H and O–H groups in total. The molecule has 1 unspecified atom stereocenters. The van der Waals surface area contributed by atoms with Gasteiger partial charge in [0.25, 0.3) is 5.56 Å². The molecule has 6 heteroatoms. The van der Waals surface area contributed by atoms with Crippen LogP contribution in [-0.4, -0.2) is 22.0 Å². The van der Waals surface area contributed by atoms with E-state index in [0.717, 1.165) is 38.6 Å². The molecule has 1 aliphatic carbocycles. The Hall–Kier alpha value is -2.37. The molecule has 1 aliphatic rings. The number of hydrogen-bond acceptors (Lipinski definition) is 3. The third-order valence-electron chi connectivity index (χ3n) is 6.66. The largest absolute Gasteiger partial charge is 0.356 e. The van der Waals surface area contributed by atoms with Crippen LogP contribution in [0.2, 0.25) is 0 Å². The van der Waals surface area contributed by atoms with Crippen molar-refractivity contribution in [2.24, 2.45) is 17.8 Å². The molecule has 1 amide bonds. The number of rotatable bonds is 9. The van der Waals surface area contributed by atoms with Crippen molar-refractivity contribution in [3.05, 3.63) is 45.1 Å². The third kappa shape index (κ3) is 5.41. The van der Waals surface area contributed by atoms with Crippen molar-refractivity contribution in [2.75, 3.05) is 6.54 Å². The summed E-state index contributed by atoms with van der Waals surface area (Å²) in [4.78, 5) is 40.5. The number of carbonyl (C=O) groups is 1. The van der Waals surface area contributed by atoms with Crippen molar-refractivity contribution in [3.63, 3.8) is 0 Å². The van der Waals surface area contributed by atoms with E-state index in [1.807, 2.05) is 6.07 Å². The van der Waals surface area contributed by atoms with Gasteiger partial charge < -0.3 is 10.3 Å². The van der Waals surface area contributed by atoms with Gasteiger partial charge in [0.05, 0.1) is 10.9 Å². The lowest BCUT2D eigenvalue weighted by Crippen LogP contribution is -2.39. The van der Waals surface area contributed by atoms with Crippen LogP contribution in [0.25, 0.3) is 10.9 Å². The minimum atomic E-state index is -0.351. The van der Waals surface area contributed by atoms with Crippen LogP contribution in [0.4, 0.5) is 0 Å². The summed E-state index contributed by atoms with van der Waals surface area (Å²) in [6.07, 6.45) is 8.06. The maximum absolute atomic E-state index is 12.7. The number of nitrogens with one attached hydrogen (secondary N) is 2. The molecule has 30 heavy (non-hydrogen) atoms. The zero-order valence-electron chi connectivity index (χ0n) is 18.3. The number of aromatic amines is 1. The van der Waals surface area contributed by atoms with Gasteiger partial charge in [-0.25, -0.2) is 4.79 Å². The maximum atomic E-state index is 12.7. The number of fused-ring (bicyclic) bond motifs is 1. The van der Waals surface area contributed by atoms with Gasteiger partial charge in [0.15, 0.2) is 0 Å². The Labute approximate surface area is 178 Å². The van der Waals surface area contributed by atoms with Crippen molar-refractivity contribution < 1.29 is 4.79 Å². The van der Waals surface area contributed by atoms with Crippen LogP contribution in [0, 0.1) is 17.8 Å². The molecule has 164 valence electrons. The van der Waals surface area contributed by atoms with Gasteiger partial charge in [-0.1, -0.05) is 45.2 Å². The minimum Gasteiger partial charge on any atom is -0.356 e. The number of para-hydroxylation sites is 1. The number of carbonyl (C=O) groups excluding carboxylic acids is 1. The van der Waals surface area contributed by atoms with E-state index in [-0.39, 0.29) is 29.0 Å². The van der Waals surface area contributed by atoms with Crippen molar-refractivity contribution in [1.29, 1.82) is 0 Å². The summed E-state index contributed by atoms with van der Waals surface area (Å²) in [7, 11) is 0. The second-order valence-corrected chi connectivity index (χ2v) is 8.77. The molecule has 0 spiro atoms. The van der Waals surface area contributed by atoms with Crippen molar-refractivity contribution in [3.8, 4) is 0 Å². The third-order valence-corrected chi connectivity index (χ3v) is 6.66. The number of benzene rings is 1. The Kier molecular flexibility index (Phi) is 7.88. The Morgan fingerprint density at radius 3 is 2.60 bits per heavy atom. The summed E-state index contributed by atoms with van der Waals surface area (Å²) in [6, 6.07) is 7.11. The average molecular weight is 414 g/mol. The van der Waals surface area contributed by atoms with E-state index >= 15 is 0 Å². The SMILES string of the molecule is CCCCC(CC)CNC(=O)C1CCC(Cn2c(=O)[nH]c3ccccc3c2=O)CC1. The van der Waals surface area contributed by atoms with E-state index in [1.165, 1.54) is 23.8 Å². The predicted molar refractivity (Wildman–Crippen MR) is 121 cm³/mol. The van der Waals surface area contributed by atoms with Gasteiger partial charge in [-0.05, 0) is 56.1 Å². The summed E-state index contributed by atoms with van der Waals surface area (Å²) in [5, 5.41) is 3.71. The van der Waals surface area contributed by atoms with Crippen LogP contribution < -0.4 is 16.6 Å². The Balaban J connectivity index is 1.54. The molecule has 1 atom stereocenters.